The van der Waals surface area contributed by atoms with Crippen LogP contribution in [0.3, 0.4) is 0 Å². The average Bonchev–Trinajstić information content (AvgIpc) is 3.01. The molecule has 0 saturated carbocycles. The van der Waals surface area contributed by atoms with Crippen LogP contribution in [0.4, 0.5) is 5.69 Å². The summed E-state index contributed by atoms with van der Waals surface area (Å²) in [6.07, 6.45) is 0. The number of benzene rings is 2. The standard InChI is InChI=1S/C20H17N3O7/c1-11(17(24)21-10-12-6-8-13(9-7-12)20(27)30-2)22-18(25)14-4-3-5-15(23(28)29)16(14)19(22)26/h3-9,11H,10H2,1-2H3,(H,21,24). The first kappa shape index (κ1) is 20.6. The van der Waals surface area contributed by atoms with E-state index < -0.39 is 40.3 Å². The number of rotatable bonds is 6. The van der Waals surface area contributed by atoms with Crippen LogP contribution in [-0.2, 0) is 16.1 Å². The first-order chi connectivity index (χ1) is 14.3. The van der Waals surface area contributed by atoms with E-state index >= 15 is 0 Å². The zero-order valence-corrected chi connectivity index (χ0v) is 16.1. The molecule has 1 unspecified atom stereocenters. The number of nitro groups is 1. The van der Waals surface area contributed by atoms with Gasteiger partial charge in [-0.15, -0.1) is 0 Å². The minimum absolute atomic E-state index is 0.0912. The Morgan fingerprint density at radius 1 is 1.13 bits per heavy atom. The van der Waals surface area contributed by atoms with Crippen LogP contribution in [0.1, 0.15) is 43.6 Å². The molecule has 3 amide bonds. The largest absolute Gasteiger partial charge is 0.465 e. The highest BCUT2D eigenvalue weighted by atomic mass is 16.6. The molecule has 1 N–H and O–H groups in total. The van der Waals surface area contributed by atoms with Crippen LogP contribution < -0.4 is 5.32 Å². The molecule has 10 nitrogen and oxygen atoms in total. The van der Waals surface area contributed by atoms with Gasteiger partial charge in [-0.3, -0.25) is 29.4 Å². The van der Waals surface area contributed by atoms with Crippen LogP contribution in [0, 0.1) is 10.1 Å². The van der Waals surface area contributed by atoms with E-state index in [1.807, 2.05) is 0 Å². The molecule has 154 valence electrons. The molecular weight excluding hydrogens is 394 g/mol. The van der Waals surface area contributed by atoms with Crippen LogP contribution in [0.5, 0.6) is 0 Å². The van der Waals surface area contributed by atoms with E-state index in [4.69, 9.17) is 0 Å². The lowest BCUT2D eigenvalue weighted by atomic mass is 10.1. The fraction of sp³-hybridized carbons (Fsp3) is 0.200. The number of fused-ring (bicyclic) bond motifs is 1. The summed E-state index contributed by atoms with van der Waals surface area (Å²) in [5, 5.41) is 13.8. The van der Waals surface area contributed by atoms with Crippen LogP contribution >= 0.6 is 0 Å². The average molecular weight is 411 g/mol. The topological polar surface area (TPSA) is 136 Å². The molecule has 0 bridgehead atoms. The second-order valence-electron chi connectivity index (χ2n) is 6.52. The summed E-state index contributed by atoms with van der Waals surface area (Å²) in [7, 11) is 1.27. The maximum Gasteiger partial charge on any atom is 0.337 e. The molecule has 10 heteroatoms. The lowest BCUT2D eigenvalue weighted by molar-refractivity contribution is -0.385. The second kappa shape index (κ2) is 8.11. The minimum atomic E-state index is -1.17. The molecule has 30 heavy (non-hydrogen) atoms. The minimum Gasteiger partial charge on any atom is -0.465 e. The smallest absolute Gasteiger partial charge is 0.337 e. The van der Waals surface area contributed by atoms with Crippen molar-refractivity contribution in [1.29, 1.82) is 0 Å². The number of hydrogen-bond donors (Lipinski definition) is 1. The van der Waals surface area contributed by atoms with Gasteiger partial charge in [0.1, 0.15) is 11.6 Å². The number of carbonyl (C=O) groups excluding carboxylic acids is 4. The number of nitrogens with one attached hydrogen (secondary N) is 1. The van der Waals surface area contributed by atoms with E-state index in [9.17, 15) is 29.3 Å². The van der Waals surface area contributed by atoms with E-state index in [1.165, 1.54) is 26.2 Å². The summed E-state index contributed by atoms with van der Waals surface area (Å²) in [5.74, 6) is -2.74. The summed E-state index contributed by atoms with van der Waals surface area (Å²) in [4.78, 5) is 60.4. The van der Waals surface area contributed by atoms with E-state index in [0.717, 1.165) is 6.07 Å². The summed E-state index contributed by atoms with van der Waals surface area (Å²) >= 11 is 0. The third-order valence-corrected chi connectivity index (χ3v) is 4.73. The number of esters is 1. The molecule has 0 aliphatic carbocycles. The fourth-order valence-electron chi connectivity index (χ4n) is 3.12. The first-order valence-corrected chi connectivity index (χ1v) is 8.86. The first-order valence-electron chi connectivity index (χ1n) is 8.86. The zero-order chi connectivity index (χ0) is 22.0. The molecule has 2 aromatic carbocycles. The summed E-state index contributed by atoms with van der Waals surface area (Å²) in [6, 6.07) is 8.93. The third kappa shape index (κ3) is 3.62. The molecule has 1 aliphatic heterocycles. The number of hydrogen-bond acceptors (Lipinski definition) is 7. The molecule has 1 aliphatic rings. The van der Waals surface area contributed by atoms with Gasteiger partial charge >= 0.3 is 5.97 Å². The molecule has 0 aromatic heterocycles. The van der Waals surface area contributed by atoms with Gasteiger partial charge in [0.25, 0.3) is 17.5 Å². The Balaban J connectivity index is 1.71. The molecule has 0 radical (unpaired) electrons. The van der Waals surface area contributed by atoms with Crippen molar-refractivity contribution in [2.24, 2.45) is 0 Å². The van der Waals surface area contributed by atoms with Crippen LogP contribution in [0.2, 0.25) is 0 Å². The monoisotopic (exact) mass is 411 g/mol. The SMILES string of the molecule is COC(=O)c1ccc(CNC(=O)C(C)N2C(=O)c3cccc([N+](=O)[O-])c3C2=O)cc1. The van der Waals surface area contributed by atoms with Crippen LogP contribution in [0.25, 0.3) is 0 Å². The number of imide groups is 1. The van der Waals surface area contributed by atoms with Gasteiger partial charge in [0, 0.05) is 12.6 Å². The maximum absolute atomic E-state index is 12.7. The van der Waals surface area contributed by atoms with Crippen LogP contribution in [-0.4, -0.2) is 46.7 Å². The van der Waals surface area contributed by atoms with Crippen molar-refractivity contribution < 1.29 is 28.8 Å². The molecule has 3 rings (SSSR count). The Hall–Kier alpha value is -4.08. The van der Waals surface area contributed by atoms with E-state index in [0.29, 0.717) is 16.0 Å². The number of nitrogens with zero attached hydrogens (tertiary/aromatic N) is 2. The van der Waals surface area contributed by atoms with Gasteiger partial charge in [-0.25, -0.2) is 4.79 Å². The predicted octanol–water partition coefficient (Wildman–Crippen LogP) is 1.68. The van der Waals surface area contributed by atoms with E-state index in [-0.39, 0.29) is 17.7 Å². The number of nitro benzene ring substituents is 1. The number of ether oxygens (including phenoxy) is 1. The Kier molecular flexibility index (Phi) is 5.58. The van der Waals surface area contributed by atoms with Crippen LogP contribution in [0.15, 0.2) is 42.5 Å². The van der Waals surface area contributed by atoms with Crippen molar-refractivity contribution in [2.75, 3.05) is 7.11 Å². The lowest BCUT2D eigenvalue weighted by Crippen LogP contribution is -2.47. The number of carbonyl (C=O) groups is 4. The third-order valence-electron chi connectivity index (χ3n) is 4.73. The number of methoxy groups -OCH3 is 1. The van der Waals surface area contributed by atoms with Gasteiger partial charge in [0.05, 0.1) is 23.2 Å². The highest BCUT2D eigenvalue weighted by Gasteiger charge is 2.44. The van der Waals surface area contributed by atoms with Crippen molar-refractivity contribution in [3.05, 3.63) is 74.8 Å². The normalized spacial score (nSPS) is 13.6. The van der Waals surface area contributed by atoms with Crippen molar-refractivity contribution >= 4 is 29.4 Å². The van der Waals surface area contributed by atoms with Gasteiger partial charge in [-0.05, 0) is 30.7 Å². The molecule has 1 atom stereocenters. The van der Waals surface area contributed by atoms with Gasteiger partial charge < -0.3 is 10.1 Å². The maximum atomic E-state index is 12.7. The van der Waals surface area contributed by atoms with Crippen molar-refractivity contribution in [2.45, 2.75) is 19.5 Å². The molecule has 0 fully saturated rings. The Bertz CT molecular complexity index is 1060. The zero-order valence-electron chi connectivity index (χ0n) is 16.1. The highest BCUT2D eigenvalue weighted by molar-refractivity contribution is 6.24. The van der Waals surface area contributed by atoms with Crippen molar-refractivity contribution in [3.8, 4) is 0 Å². The quantitative estimate of drug-likeness (QED) is 0.330. The lowest BCUT2D eigenvalue weighted by Gasteiger charge is -2.21. The fourth-order valence-corrected chi connectivity index (χ4v) is 3.12. The predicted molar refractivity (Wildman–Crippen MR) is 103 cm³/mol. The second-order valence-corrected chi connectivity index (χ2v) is 6.52. The van der Waals surface area contributed by atoms with Crippen molar-refractivity contribution in [1.82, 2.24) is 10.2 Å². The molecular formula is C20H17N3O7. The Labute approximate surface area is 170 Å². The molecule has 2 aromatic rings. The van der Waals surface area contributed by atoms with Gasteiger partial charge in [0.2, 0.25) is 5.91 Å². The molecule has 0 spiro atoms. The van der Waals surface area contributed by atoms with Crippen molar-refractivity contribution in [3.63, 3.8) is 0 Å². The summed E-state index contributed by atoms with van der Waals surface area (Å²) in [6.45, 7) is 1.46. The Morgan fingerprint density at radius 3 is 2.40 bits per heavy atom. The van der Waals surface area contributed by atoms with Gasteiger partial charge in [-0.2, -0.15) is 0 Å². The van der Waals surface area contributed by atoms with Gasteiger partial charge in [-0.1, -0.05) is 18.2 Å². The van der Waals surface area contributed by atoms with E-state index in [1.54, 1.807) is 24.3 Å². The van der Waals surface area contributed by atoms with E-state index in [2.05, 4.69) is 10.1 Å². The highest BCUT2D eigenvalue weighted by Crippen LogP contribution is 2.31. The molecule has 0 saturated heterocycles. The Morgan fingerprint density at radius 2 is 1.80 bits per heavy atom. The summed E-state index contributed by atoms with van der Waals surface area (Å²) < 4.78 is 4.61. The number of amides is 3. The van der Waals surface area contributed by atoms with Gasteiger partial charge in [0.15, 0.2) is 0 Å². The molecule has 1 heterocycles. The summed E-state index contributed by atoms with van der Waals surface area (Å²) in [5.41, 5.74) is 0.138.